The fourth-order valence-electron chi connectivity index (χ4n) is 1.60. The van der Waals surface area contributed by atoms with E-state index in [9.17, 15) is 4.79 Å². The lowest BCUT2D eigenvalue weighted by atomic mass is 10.3. The molecule has 7 nitrogen and oxygen atoms in total. The zero-order chi connectivity index (χ0) is 12.8. The first-order valence-electron chi connectivity index (χ1n) is 5.80. The Morgan fingerprint density at radius 1 is 1.44 bits per heavy atom. The predicted molar refractivity (Wildman–Crippen MR) is 69.2 cm³/mol. The molecule has 18 heavy (non-hydrogen) atoms. The molecule has 0 atom stereocenters. The largest absolute Gasteiger partial charge is 0.391 e. The van der Waals surface area contributed by atoms with Crippen molar-refractivity contribution in [2.45, 2.75) is 19.4 Å². The summed E-state index contributed by atoms with van der Waals surface area (Å²) in [5, 5.41) is 3.05. The van der Waals surface area contributed by atoms with Gasteiger partial charge in [0.15, 0.2) is 5.82 Å². The molecular weight excluding hydrogens is 232 g/mol. The molecule has 0 saturated heterocycles. The van der Waals surface area contributed by atoms with Crippen LogP contribution in [-0.4, -0.2) is 26.1 Å². The van der Waals surface area contributed by atoms with Gasteiger partial charge in [-0.25, -0.2) is 9.97 Å². The van der Waals surface area contributed by atoms with Crippen molar-refractivity contribution in [2.75, 3.05) is 17.6 Å². The van der Waals surface area contributed by atoms with Crippen molar-refractivity contribution in [3.05, 3.63) is 35.4 Å². The number of imidazole rings is 1. The number of aromatic nitrogens is 4. The number of nitrogens with one attached hydrogen (secondary N) is 2. The molecule has 0 bridgehead atoms. The first-order valence-corrected chi connectivity index (χ1v) is 5.80. The van der Waals surface area contributed by atoms with Crippen LogP contribution >= 0.6 is 0 Å². The summed E-state index contributed by atoms with van der Waals surface area (Å²) in [6, 6.07) is 0. The predicted octanol–water partition coefficient (Wildman–Crippen LogP) is 0.441. The maximum Gasteiger partial charge on any atom is 0.276 e. The molecule has 2 rings (SSSR count). The number of aromatic amines is 1. The van der Waals surface area contributed by atoms with E-state index < -0.39 is 0 Å². The molecule has 2 aromatic rings. The molecule has 2 heterocycles. The second kappa shape index (κ2) is 5.85. The van der Waals surface area contributed by atoms with E-state index in [0.29, 0.717) is 5.82 Å². The van der Waals surface area contributed by atoms with Crippen molar-refractivity contribution in [3.63, 3.8) is 0 Å². The Morgan fingerprint density at radius 2 is 2.33 bits per heavy atom. The Kier molecular flexibility index (Phi) is 3.95. The van der Waals surface area contributed by atoms with Gasteiger partial charge in [0.25, 0.3) is 5.56 Å². The highest BCUT2D eigenvalue weighted by Crippen LogP contribution is 2.07. The first-order chi connectivity index (χ1) is 8.77. The van der Waals surface area contributed by atoms with E-state index in [1.54, 1.807) is 12.5 Å². The number of nitrogens with zero attached hydrogens (tertiary/aromatic N) is 3. The monoisotopic (exact) mass is 248 g/mol. The molecule has 2 aromatic heterocycles. The van der Waals surface area contributed by atoms with Crippen LogP contribution in [-0.2, 0) is 6.54 Å². The van der Waals surface area contributed by atoms with Crippen LogP contribution in [0.1, 0.15) is 12.8 Å². The summed E-state index contributed by atoms with van der Waals surface area (Å²) < 4.78 is 2.03. The number of nitrogen functional groups attached to an aromatic ring is 1. The van der Waals surface area contributed by atoms with Crippen molar-refractivity contribution in [1.29, 1.82) is 0 Å². The lowest BCUT2D eigenvalue weighted by Gasteiger charge is -2.07. The van der Waals surface area contributed by atoms with E-state index in [1.807, 2.05) is 10.8 Å². The van der Waals surface area contributed by atoms with E-state index >= 15 is 0 Å². The standard InChI is InChI=1S/C11H16N6O/c12-9-10(15-7-16-11(9)18)14-3-1-2-5-17-6-4-13-8-17/h4,6-8H,1-3,5,12H2,(H2,14,15,16,18). The molecule has 0 unspecified atom stereocenters. The van der Waals surface area contributed by atoms with Gasteiger partial charge in [-0.3, -0.25) is 4.79 Å². The third kappa shape index (κ3) is 3.09. The number of nitrogens with two attached hydrogens (primary N) is 1. The fraction of sp³-hybridized carbons (Fsp3) is 0.364. The second-order valence-corrected chi connectivity index (χ2v) is 3.93. The molecule has 0 spiro atoms. The van der Waals surface area contributed by atoms with Crippen LogP contribution in [0.15, 0.2) is 29.8 Å². The van der Waals surface area contributed by atoms with Crippen LogP contribution in [0.25, 0.3) is 0 Å². The number of hydrogen-bond acceptors (Lipinski definition) is 5. The molecule has 7 heteroatoms. The SMILES string of the molecule is Nc1c(NCCCCn2ccnc2)nc[nH]c1=O. The summed E-state index contributed by atoms with van der Waals surface area (Å²) in [6.45, 7) is 1.66. The molecule has 4 N–H and O–H groups in total. The zero-order valence-electron chi connectivity index (χ0n) is 9.97. The van der Waals surface area contributed by atoms with Gasteiger partial charge in [-0.2, -0.15) is 0 Å². The van der Waals surface area contributed by atoms with Gasteiger partial charge in [0.05, 0.1) is 12.7 Å². The highest BCUT2D eigenvalue weighted by Gasteiger charge is 2.02. The molecule has 0 aromatic carbocycles. The van der Waals surface area contributed by atoms with Crippen LogP contribution in [0.3, 0.4) is 0 Å². The van der Waals surface area contributed by atoms with E-state index in [2.05, 4.69) is 20.3 Å². The van der Waals surface area contributed by atoms with E-state index in [0.717, 1.165) is 25.9 Å². The molecule has 96 valence electrons. The van der Waals surface area contributed by atoms with Gasteiger partial charge < -0.3 is 20.6 Å². The van der Waals surface area contributed by atoms with Crippen LogP contribution in [0.2, 0.25) is 0 Å². The van der Waals surface area contributed by atoms with Gasteiger partial charge in [0.2, 0.25) is 0 Å². The fourth-order valence-corrected chi connectivity index (χ4v) is 1.60. The van der Waals surface area contributed by atoms with Gasteiger partial charge in [-0.15, -0.1) is 0 Å². The number of hydrogen-bond donors (Lipinski definition) is 3. The minimum Gasteiger partial charge on any atom is -0.391 e. The van der Waals surface area contributed by atoms with Gasteiger partial charge in [0, 0.05) is 25.5 Å². The Labute approximate surface area is 104 Å². The van der Waals surface area contributed by atoms with Gasteiger partial charge in [0.1, 0.15) is 5.69 Å². The summed E-state index contributed by atoms with van der Waals surface area (Å²) in [5.74, 6) is 0.446. The summed E-state index contributed by atoms with van der Waals surface area (Å²) in [7, 11) is 0. The third-order valence-corrected chi connectivity index (χ3v) is 2.58. The Bertz CT molecular complexity index is 533. The van der Waals surface area contributed by atoms with Crippen molar-refractivity contribution in [2.24, 2.45) is 0 Å². The third-order valence-electron chi connectivity index (χ3n) is 2.58. The van der Waals surface area contributed by atoms with Crippen molar-refractivity contribution >= 4 is 11.5 Å². The number of unbranched alkanes of at least 4 members (excludes halogenated alkanes) is 1. The van der Waals surface area contributed by atoms with E-state index in [4.69, 9.17) is 5.73 Å². The van der Waals surface area contributed by atoms with Gasteiger partial charge in [-0.05, 0) is 12.8 Å². The molecule has 0 aliphatic rings. The van der Waals surface area contributed by atoms with Crippen LogP contribution in [0.5, 0.6) is 0 Å². The quantitative estimate of drug-likeness (QED) is 0.644. The average Bonchev–Trinajstić information content (AvgIpc) is 2.87. The highest BCUT2D eigenvalue weighted by molar-refractivity contribution is 5.58. The normalized spacial score (nSPS) is 10.4. The van der Waals surface area contributed by atoms with Crippen molar-refractivity contribution < 1.29 is 0 Å². The molecule has 0 saturated carbocycles. The minimum absolute atomic E-state index is 0.132. The van der Waals surface area contributed by atoms with Crippen LogP contribution < -0.4 is 16.6 Å². The van der Waals surface area contributed by atoms with Crippen LogP contribution in [0, 0.1) is 0 Å². The first kappa shape index (κ1) is 12.2. The molecule has 0 amide bonds. The Morgan fingerprint density at radius 3 is 3.11 bits per heavy atom. The lowest BCUT2D eigenvalue weighted by molar-refractivity contribution is 0.620. The van der Waals surface area contributed by atoms with Gasteiger partial charge >= 0.3 is 0 Å². The zero-order valence-corrected chi connectivity index (χ0v) is 9.97. The molecule has 0 aliphatic heterocycles. The average molecular weight is 248 g/mol. The van der Waals surface area contributed by atoms with Crippen molar-refractivity contribution in [3.8, 4) is 0 Å². The summed E-state index contributed by atoms with van der Waals surface area (Å²) in [6.07, 6.45) is 8.82. The number of aryl methyl sites for hydroxylation is 1. The minimum atomic E-state index is -0.314. The maximum atomic E-state index is 11.2. The maximum absolute atomic E-state index is 11.2. The molecule has 0 fully saturated rings. The molecule has 0 radical (unpaired) electrons. The Balaban J connectivity index is 1.72. The second-order valence-electron chi connectivity index (χ2n) is 3.93. The summed E-state index contributed by atoms with van der Waals surface area (Å²) in [4.78, 5) is 21.6. The van der Waals surface area contributed by atoms with Gasteiger partial charge in [-0.1, -0.05) is 0 Å². The highest BCUT2D eigenvalue weighted by atomic mass is 16.1. The number of anilines is 2. The van der Waals surface area contributed by atoms with Crippen molar-refractivity contribution in [1.82, 2.24) is 19.5 Å². The Hall–Kier alpha value is -2.31. The summed E-state index contributed by atoms with van der Waals surface area (Å²) >= 11 is 0. The molecule has 0 aliphatic carbocycles. The van der Waals surface area contributed by atoms with E-state index in [1.165, 1.54) is 6.33 Å². The lowest BCUT2D eigenvalue weighted by Crippen LogP contribution is -2.16. The number of H-pyrrole nitrogens is 1. The molecular formula is C11H16N6O. The van der Waals surface area contributed by atoms with Crippen LogP contribution in [0.4, 0.5) is 11.5 Å². The topological polar surface area (TPSA) is 102 Å². The smallest absolute Gasteiger partial charge is 0.276 e. The van der Waals surface area contributed by atoms with E-state index in [-0.39, 0.29) is 11.2 Å². The summed E-state index contributed by atoms with van der Waals surface area (Å²) in [5.41, 5.74) is 5.41. The number of rotatable bonds is 6.